The monoisotopic (exact) mass is 385 g/mol. The van der Waals surface area contributed by atoms with Crippen LogP contribution in [-0.2, 0) is 26.2 Å². The number of halogens is 1. The van der Waals surface area contributed by atoms with Gasteiger partial charge in [0.05, 0.1) is 6.26 Å². The highest BCUT2D eigenvalue weighted by Gasteiger charge is 2.37. The van der Waals surface area contributed by atoms with Gasteiger partial charge in [-0.25, -0.2) is 8.42 Å². The van der Waals surface area contributed by atoms with E-state index in [1.807, 2.05) is 0 Å². The van der Waals surface area contributed by atoms with Crippen molar-refractivity contribution in [2.75, 3.05) is 12.8 Å². The van der Waals surface area contributed by atoms with E-state index in [0.29, 0.717) is 35.8 Å². The number of esters is 1. The van der Waals surface area contributed by atoms with Gasteiger partial charge in [-0.05, 0) is 37.1 Å². The Morgan fingerprint density at radius 2 is 2.12 bits per heavy atom. The van der Waals surface area contributed by atoms with Crippen LogP contribution in [0.5, 0.6) is 0 Å². The fourth-order valence-electron chi connectivity index (χ4n) is 2.63. The summed E-state index contributed by atoms with van der Waals surface area (Å²) in [5.74, 6) is -0.141. The number of benzene rings is 1. The van der Waals surface area contributed by atoms with Crippen LogP contribution in [0.25, 0.3) is 11.4 Å². The molecule has 1 aromatic carbocycles. The predicted octanol–water partition coefficient (Wildman–Crippen LogP) is 1.86. The lowest BCUT2D eigenvalue weighted by atomic mass is 10.2. The Balaban J connectivity index is 1.62. The Morgan fingerprint density at radius 3 is 2.80 bits per heavy atom. The molecule has 0 N–H and O–H groups in total. The molecule has 3 rings (SSSR count). The molecule has 0 radical (unpaired) electrons. The summed E-state index contributed by atoms with van der Waals surface area (Å²) < 4.78 is 34.7. The Bertz CT molecular complexity index is 866. The molecule has 1 aliphatic heterocycles. The van der Waals surface area contributed by atoms with E-state index < -0.39 is 22.0 Å². The highest BCUT2D eigenvalue weighted by Crippen LogP contribution is 2.22. The number of aromatic nitrogens is 2. The first-order chi connectivity index (χ1) is 11.8. The Hall–Kier alpha value is -1.97. The van der Waals surface area contributed by atoms with Crippen LogP contribution < -0.4 is 0 Å². The summed E-state index contributed by atoms with van der Waals surface area (Å²) in [7, 11) is -3.44. The van der Waals surface area contributed by atoms with E-state index >= 15 is 0 Å². The summed E-state index contributed by atoms with van der Waals surface area (Å²) in [6.07, 6.45) is 2.13. The molecule has 10 heteroatoms. The van der Waals surface area contributed by atoms with Gasteiger partial charge in [0.15, 0.2) is 6.61 Å². The van der Waals surface area contributed by atoms with Crippen LogP contribution in [0.3, 0.4) is 0 Å². The summed E-state index contributed by atoms with van der Waals surface area (Å²) in [5.41, 5.74) is 0.713. The zero-order chi connectivity index (χ0) is 18.0. The number of carbonyl (C=O) groups excluding carboxylic acids is 1. The first kappa shape index (κ1) is 17.8. The molecule has 2 aromatic rings. The number of nitrogens with zero attached hydrogens (tertiary/aromatic N) is 3. The zero-order valence-electron chi connectivity index (χ0n) is 13.4. The van der Waals surface area contributed by atoms with Crippen molar-refractivity contribution >= 4 is 27.6 Å². The molecule has 134 valence electrons. The third-order valence-corrected chi connectivity index (χ3v) is 5.35. The van der Waals surface area contributed by atoms with Crippen molar-refractivity contribution < 1.29 is 22.5 Å². The molecule has 1 fully saturated rings. The SMILES string of the molecule is CS(=O)(=O)N1CCC[C@H]1C(=O)OCc1nc(-c2ccc(Cl)cc2)no1. The van der Waals surface area contributed by atoms with E-state index in [0.717, 1.165) is 10.6 Å². The lowest BCUT2D eigenvalue weighted by Crippen LogP contribution is -2.40. The van der Waals surface area contributed by atoms with Gasteiger partial charge in [-0.15, -0.1) is 0 Å². The van der Waals surface area contributed by atoms with Crippen LogP contribution in [0.15, 0.2) is 28.8 Å². The maximum Gasteiger partial charge on any atom is 0.324 e. The molecule has 0 amide bonds. The zero-order valence-corrected chi connectivity index (χ0v) is 15.0. The van der Waals surface area contributed by atoms with Gasteiger partial charge in [-0.2, -0.15) is 9.29 Å². The van der Waals surface area contributed by atoms with E-state index in [-0.39, 0.29) is 12.5 Å². The van der Waals surface area contributed by atoms with Crippen molar-refractivity contribution in [1.29, 1.82) is 0 Å². The number of rotatable bonds is 5. The lowest BCUT2D eigenvalue weighted by molar-refractivity contribution is -0.149. The van der Waals surface area contributed by atoms with Crippen molar-refractivity contribution in [1.82, 2.24) is 14.4 Å². The Morgan fingerprint density at radius 1 is 1.40 bits per heavy atom. The first-order valence-electron chi connectivity index (χ1n) is 7.56. The van der Waals surface area contributed by atoms with Crippen molar-refractivity contribution in [3.05, 3.63) is 35.2 Å². The Labute approximate surface area is 149 Å². The van der Waals surface area contributed by atoms with E-state index in [9.17, 15) is 13.2 Å². The molecule has 1 saturated heterocycles. The third-order valence-electron chi connectivity index (χ3n) is 3.81. The van der Waals surface area contributed by atoms with Crippen LogP contribution in [0.2, 0.25) is 5.02 Å². The van der Waals surface area contributed by atoms with Crippen LogP contribution >= 0.6 is 11.6 Å². The number of sulfonamides is 1. The number of hydrogen-bond acceptors (Lipinski definition) is 7. The molecule has 1 atom stereocenters. The van der Waals surface area contributed by atoms with Crippen molar-refractivity contribution in [2.24, 2.45) is 0 Å². The van der Waals surface area contributed by atoms with Crippen molar-refractivity contribution in [2.45, 2.75) is 25.5 Å². The molecule has 1 aliphatic rings. The van der Waals surface area contributed by atoms with Gasteiger partial charge in [0.25, 0.3) is 5.89 Å². The fourth-order valence-corrected chi connectivity index (χ4v) is 3.87. The van der Waals surface area contributed by atoms with Crippen molar-refractivity contribution in [3.63, 3.8) is 0 Å². The minimum atomic E-state index is -3.44. The quantitative estimate of drug-likeness (QED) is 0.723. The van der Waals surface area contributed by atoms with Gasteiger partial charge in [0.1, 0.15) is 6.04 Å². The summed E-state index contributed by atoms with van der Waals surface area (Å²) in [6, 6.07) is 6.09. The lowest BCUT2D eigenvalue weighted by Gasteiger charge is -2.20. The second-order valence-electron chi connectivity index (χ2n) is 5.66. The molecular formula is C15H16ClN3O5S. The van der Waals surface area contributed by atoms with Gasteiger partial charge in [-0.1, -0.05) is 16.8 Å². The molecule has 0 unspecified atom stereocenters. The van der Waals surface area contributed by atoms with Crippen LogP contribution in [-0.4, -0.2) is 47.7 Å². The molecular weight excluding hydrogens is 370 g/mol. The molecule has 0 aliphatic carbocycles. The van der Waals surface area contributed by atoms with Gasteiger partial charge in [0, 0.05) is 17.1 Å². The van der Waals surface area contributed by atoms with Gasteiger partial charge >= 0.3 is 5.97 Å². The molecule has 0 saturated carbocycles. The third kappa shape index (κ3) is 4.17. The van der Waals surface area contributed by atoms with Gasteiger partial charge < -0.3 is 9.26 Å². The number of ether oxygens (including phenoxy) is 1. The minimum absolute atomic E-state index is 0.127. The van der Waals surface area contributed by atoms with Crippen LogP contribution in [0.4, 0.5) is 0 Å². The molecule has 2 heterocycles. The highest BCUT2D eigenvalue weighted by atomic mass is 35.5. The molecule has 25 heavy (non-hydrogen) atoms. The summed E-state index contributed by atoms with van der Waals surface area (Å²) in [4.78, 5) is 16.3. The topological polar surface area (TPSA) is 103 Å². The largest absolute Gasteiger partial charge is 0.454 e. The Kier molecular flexibility index (Phi) is 5.07. The number of carbonyl (C=O) groups is 1. The standard InChI is InChI=1S/C15H16ClN3O5S/c1-25(21,22)19-8-2-3-12(19)15(20)23-9-13-17-14(18-24-13)10-4-6-11(16)7-5-10/h4-7,12H,2-3,8-9H2,1H3/t12-/m0/s1. The minimum Gasteiger partial charge on any atom is -0.454 e. The molecule has 0 spiro atoms. The summed E-state index contributed by atoms with van der Waals surface area (Å²) in [5, 5.41) is 4.41. The summed E-state index contributed by atoms with van der Waals surface area (Å²) in [6.45, 7) is 0.105. The van der Waals surface area contributed by atoms with E-state index in [1.165, 1.54) is 0 Å². The van der Waals surface area contributed by atoms with E-state index in [1.54, 1.807) is 24.3 Å². The van der Waals surface area contributed by atoms with E-state index in [2.05, 4.69) is 10.1 Å². The average Bonchev–Trinajstić information content (AvgIpc) is 3.22. The summed E-state index contributed by atoms with van der Waals surface area (Å²) >= 11 is 5.83. The normalized spacial score (nSPS) is 18.4. The number of hydrogen-bond donors (Lipinski definition) is 0. The molecule has 0 bridgehead atoms. The van der Waals surface area contributed by atoms with Crippen LogP contribution in [0, 0.1) is 0 Å². The van der Waals surface area contributed by atoms with Gasteiger partial charge in [-0.3, -0.25) is 4.79 Å². The average molecular weight is 386 g/mol. The van der Waals surface area contributed by atoms with E-state index in [4.69, 9.17) is 20.9 Å². The van der Waals surface area contributed by atoms with Crippen molar-refractivity contribution in [3.8, 4) is 11.4 Å². The van der Waals surface area contributed by atoms with Crippen LogP contribution in [0.1, 0.15) is 18.7 Å². The molecule has 1 aromatic heterocycles. The smallest absolute Gasteiger partial charge is 0.324 e. The maximum atomic E-state index is 12.2. The predicted molar refractivity (Wildman–Crippen MR) is 89.1 cm³/mol. The second-order valence-corrected chi connectivity index (χ2v) is 8.03. The first-order valence-corrected chi connectivity index (χ1v) is 9.79. The fraction of sp³-hybridized carbons (Fsp3) is 0.400. The molecule has 8 nitrogen and oxygen atoms in total. The van der Waals surface area contributed by atoms with Gasteiger partial charge in [0.2, 0.25) is 15.8 Å². The highest BCUT2D eigenvalue weighted by molar-refractivity contribution is 7.88. The maximum absolute atomic E-state index is 12.2. The second kappa shape index (κ2) is 7.11.